The van der Waals surface area contributed by atoms with Crippen LogP contribution in [0.25, 0.3) is 0 Å². The lowest BCUT2D eigenvalue weighted by atomic mass is 9.95. The van der Waals surface area contributed by atoms with Crippen LogP contribution in [0.4, 0.5) is 0 Å². The van der Waals surface area contributed by atoms with E-state index in [-0.39, 0.29) is 0 Å². The number of hydrogen-bond donors (Lipinski definition) is 0. The summed E-state index contributed by atoms with van der Waals surface area (Å²) in [6, 6.07) is 11.0. The highest BCUT2D eigenvalue weighted by atomic mass is 14.5. The van der Waals surface area contributed by atoms with E-state index < -0.39 is 0 Å². The molecular weight excluding hydrogens is 216 g/mol. The first-order valence-electron chi connectivity index (χ1n) is 7.49. The molecule has 0 aromatic heterocycles. The fraction of sp³-hybridized carbons (Fsp3) is 0.556. The van der Waals surface area contributed by atoms with Gasteiger partial charge < -0.3 is 0 Å². The lowest BCUT2D eigenvalue weighted by Gasteiger charge is -2.09. The van der Waals surface area contributed by atoms with E-state index in [0.29, 0.717) is 5.41 Å². The monoisotopic (exact) mass is 242 g/mol. The molecule has 98 valence electrons. The normalized spacial score (nSPS) is 26.7. The van der Waals surface area contributed by atoms with E-state index in [2.05, 4.69) is 56.3 Å². The molecule has 1 aliphatic rings. The second-order valence-electron chi connectivity index (χ2n) is 5.87. The molecule has 0 heterocycles. The van der Waals surface area contributed by atoms with Gasteiger partial charge in [-0.15, -0.1) is 0 Å². The molecular formula is C18H26. The smallest absolute Gasteiger partial charge is 0.000634 e. The van der Waals surface area contributed by atoms with Crippen molar-refractivity contribution in [2.45, 2.75) is 57.8 Å². The van der Waals surface area contributed by atoms with E-state index in [1.54, 1.807) is 0 Å². The van der Waals surface area contributed by atoms with Crippen LogP contribution in [0.5, 0.6) is 0 Å². The molecule has 1 aromatic rings. The van der Waals surface area contributed by atoms with Crippen LogP contribution in [0.3, 0.4) is 0 Å². The maximum absolute atomic E-state index is 2.46. The molecule has 1 aromatic carbocycles. The quantitative estimate of drug-likeness (QED) is 0.438. The van der Waals surface area contributed by atoms with Gasteiger partial charge in [0, 0.05) is 0 Å². The first kappa shape index (κ1) is 13.4. The SMILES string of the molecule is CCCCCC/C=C/C1CC1(C)c1ccccc1. The number of benzene rings is 1. The molecule has 0 aliphatic heterocycles. The van der Waals surface area contributed by atoms with Crippen LogP contribution in [0.15, 0.2) is 42.5 Å². The zero-order valence-electron chi connectivity index (χ0n) is 11.9. The van der Waals surface area contributed by atoms with Gasteiger partial charge in [-0.1, -0.05) is 75.6 Å². The average Bonchev–Trinajstić information content (AvgIpc) is 3.07. The van der Waals surface area contributed by atoms with E-state index in [9.17, 15) is 0 Å². The van der Waals surface area contributed by atoms with Gasteiger partial charge in [-0.3, -0.25) is 0 Å². The summed E-state index contributed by atoms with van der Waals surface area (Å²) < 4.78 is 0. The number of hydrogen-bond acceptors (Lipinski definition) is 0. The summed E-state index contributed by atoms with van der Waals surface area (Å²) in [5.41, 5.74) is 1.92. The van der Waals surface area contributed by atoms with Crippen molar-refractivity contribution < 1.29 is 0 Å². The Morgan fingerprint density at radius 3 is 2.67 bits per heavy atom. The predicted molar refractivity (Wildman–Crippen MR) is 79.8 cm³/mol. The number of rotatable bonds is 7. The van der Waals surface area contributed by atoms with Gasteiger partial charge in [-0.25, -0.2) is 0 Å². The fourth-order valence-electron chi connectivity index (χ4n) is 2.78. The minimum absolute atomic E-state index is 0.418. The number of unbranched alkanes of at least 4 members (excludes halogenated alkanes) is 4. The summed E-state index contributed by atoms with van der Waals surface area (Å²) in [4.78, 5) is 0. The van der Waals surface area contributed by atoms with Crippen molar-refractivity contribution in [1.82, 2.24) is 0 Å². The Balaban J connectivity index is 1.75. The first-order chi connectivity index (χ1) is 8.77. The van der Waals surface area contributed by atoms with Gasteiger partial charge >= 0.3 is 0 Å². The minimum atomic E-state index is 0.418. The molecule has 2 atom stereocenters. The Morgan fingerprint density at radius 1 is 1.17 bits per heavy atom. The number of allylic oxidation sites excluding steroid dienone is 2. The largest absolute Gasteiger partial charge is 0.0882 e. The molecule has 0 heteroatoms. The second kappa shape index (κ2) is 6.22. The van der Waals surface area contributed by atoms with Crippen LogP contribution in [-0.2, 0) is 5.41 Å². The maximum Gasteiger partial charge on any atom is -0.000634 e. The van der Waals surface area contributed by atoms with Gasteiger partial charge in [-0.2, -0.15) is 0 Å². The third-order valence-electron chi connectivity index (χ3n) is 4.33. The summed E-state index contributed by atoms with van der Waals surface area (Å²) in [6.45, 7) is 4.67. The third kappa shape index (κ3) is 3.25. The van der Waals surface area contributed by atoms with Crippen molar-refractivity contribution in [3.63, 3.8) is 0 Å². The van der Waals surface area contributed by atoms with E-state index in [1.807, 2.05) is 0 Å². The molecule has 0 spiro atoms. The van der Waals surface area contributed by atoms with E-state index in [0.717, 1.165) is 5.92 Å². The Bertz CT molecular complexity index is 376. The van der Waals surface area contributed by atoms with Crippen LogP contribution in [0, 0.1) is 5.92 Å². The van der Waals surface area contributed by atoms with Crippen molar-refractivity contribution in [3.8, 4) is 0 Å². The van der Waals surface area contributed by atoms with Crippen LogP contribution in [0.1, 0.15) is 57.9 Å². The molecule has 2 unspecified atom stereocenters. The summed E-state index contributed by atoms with van der Waals surface area (Å²) in [5, 5.41) is 0. The lowest BCUT2D eigenvalue weighted by molar-refractivity contribution is 0.672. The molecule has 18 heavy (non-hydrogen) atoms. The summed E-state index contributed by atoms with van der Waals surface area (Å²) in [7, 11) is 0. The molecule has 0 N–H and O–H groups in total. The topological polar surface area (TPSA) is 0 Å². The second-order valence-corrected chi connectivity index (χ2v) is 5.87. The fourth-order valence-corrected chi connectivity index (χ4v) is 2.78. The van der Waals surface area contributed by atoms with Crippen molar-refractivity contribution >= 4 is 0 Å². The Morgan fingerprint density at radius 2 is 1.94 bits per heavy atom. The molecule has 0 bridgehead atoms. The zero-order chi connectivity index (χ0) is 12.8. The summed E-state index contributed by atoms with van der Waals surface area (Å²) in [6.07, 6.45) is 12.9. The highest BCUT2D eigenvalue weighted by Gasteiger charge is 2.49. The van der Waals surface area contributed by atoms with Crippen LogP contribution >= 0.6 is 0 Å². The summed E-state index contributed by atoms with van der Waals surface area (Å²) in [5.74, 6) is 0.770. The average molecular weight is 242 g/mol. The zero-order valence-corrected chi connectivity index (χ0v) is 11.9. The molecule has 0 amide bonds. The molecule has 0 radical (unpaired) electrons. The highest BCUT2D eigenvalue weighted by molar-refractivity contribution is 5.34. The maximum atomic E-state index is 2.46. The minimum Gasteiger partial charge on any atom is -0.0882 e. The van der Waals surface area contributed by atoms with Gasteiger partial charge in [0.25, 0.3) is 0 Å². The molecule has 0 nitrogen and oxygen atoms in total. The van der Waals surface area contributed by atoms with Gasteiger partial charge in [0.1, 0.15) is 0 Å². The van der Waals surface area contributed by atoms with Crippen LogP contribution in [0.2, 0.25) is 0 Å². The third-order valence-corrected chi connectivity index (χ3v) is 4.33. The van der Waals surface area contributed by atoms with Crippen LogP contribution < -0.4 is 0 Å². The first-order valence-corrected chi connectivity index (χ1v) is 7.49. The molecule has 1 fully saturated rings. The van der Waals surface area contributed by atoms with Crippen LogP contribution in [-0.4, -0.2) is 0 Å². The van der Waals surface area contributed by atoms with E-state index >= 15 is 0 Å². The molecule has 1 aliphatic carbocycles. The molecule has 1 saturated carbocycles. The predicted octanol–water partition coefficient (Wildman–Crippen LogP) is 5.49. The Kier molecular flexibility index (Phi) is 4.63. The molecule has 2 rings (SSSR count). The van der Waals surface area contributed by atoms with Gasteiger partial charge in [0.2, 0.25) is 0 Å². The van der Waals surface area contributed by atoms with Gasteiger partial charge in [0.05, 0.1) is 0 Å². The van der Waals surface area contributed by atoms with E-state index in [1.165, 1.54) is 44.1 Å². The standard InChI is InChI=1S/C18H26/c1-3-4-5-6-7-9-14-17-15-18(17,2)16-12-10-8-11-13-16/h8-14,17H,3-7,15H2,1-2H3/b14-9+. The van der Waals surface area contributed by atoms with Crippen molar-refractivity contribution in [3.05, 3.63) is 48.0 Å². The Labute approximate surface area is 112 Å². The van der Waals surface area contributed by atoms with Gasteiger partial charge in [-0.05, 0) is 36.2 Å². The van der Waals surface area contributed by atoms with E-state index in [4.69, 9.17) is 0 Å². The lowest BCUT2D eigenvalue weighted by Crippen LogP contribution is -2.02. The van der Waals surface area contributed by atoms with Gasteiger partial charge in [0.15, 0.2) is 0 Å². The summed E-state index contributed by atoms with van der Waals surface area (Å²) >= 11 is 0. The van der Waals surface area contributed by atoms with Crippen molar-refractivity contribution in [2.24, 2.45) is 5.92 Å². The molecule has 0 saturated heterocycles. The Hall–Kier alpha value is -1.04. The van der Waals surface area contributed by atoms with Crippen molar-refractivity contribution in [1.29, 1.82) is 0 Å². The highest BCUT2D eigenvalue weighted by Crippen LogP contribution is 2.54. The van der Waals surface area contributed by atoms with Crippen molar-refractivity contribution in [2.75, 3.05) is 0 Å².